The average molecular weight is 407 g/mol. The molecule has 0 spiro atoms. The van der Waals surface area contributed by atoms with Crippen LogP contribution in [0, 0.1) is 0 Å². The smallest absolute Gasteiger partial charge is 0.191 e. The number of hydrogen-bond acceptors (Lipinski definition) is 6. The Labute approximate surface area is 180 Å². The Hall–Kier alpha value is -2.47. The van der Waals surface area contributed by atoms with E-state index >= 15 is 0 Å². The zero-order chi connectivity index (χ0) is 20.6. The Kier molecular flexibility index (Phi) is 7.29. The molecule has 2 aromatic heterocycles. The first kappa shape index (κ1) is 20.8. The van der Waals surface area contributed by atoms with Crippen LogP contribution >= 0.6 is 0 Å². The average Bonchev–Trinajstić information content (AvgIpc) is 2.80. The number of rotatable bonds is 8. The summed E-state index contributed by atoms with van der Waals surface area (Å²) in [7, 11) is 2.22. The van der Waals surface area contributed by atoms with E-state index in [9.17, 15) is 0 Å². The summed E-state index contributed by atoms with van der Waals surface area (Å²) in [5.41, 5.74) is 5.24. The first-order valence-corrected chi connectivity index (χ1v) is 11.4. The molecule has 4 rings (SSSR count). The van der Waals surface area contributed by atoms with Gasteiger partial charge in [0.1, 0.15) is 0 Å². The normalized spacial score (nSPS) is 18.5. The van der Waals surface area contributed by atoms with Gasteiger partial charge in [-0.1, -0.05) is 12.1 Å². The van der Waals surface area contributed by atoms with Crippen molar-refractivity contribution in [2.75, 3.05) is 26.7 Å². The number of unbranched alkanes of at least 4 members (excludes halogenated alkanes) is 1. The minimum Gasteiger partial charge on any atom is -0.356 e. The van der Waals surface area contributed by atoms with E-state index in [0.717, 1.165) is 64.2 Å². The number of aliphatic imine (C=N–C) groups is 1. The molecule has 3 heterocycles. The molecular formula is C24H34N6. The Bertz CT molecular complexity index is 849. The van der Waals surface area contributed by atoms with Crippen LogP contribution in [0.25, 0.3) is 0 Å². The van der Waals surface area contributed by atoms with E-state index in [2.05, 4.69) is 51.8 Å². The lowest BCUT2D eigenvalue weighted by Crippen LogP contribution is -2.41. The summed E-state index contributed by atoms with van der Waals surface area (Å²) >= 11 is 0. The number of fused-ring (bicyclic) bond motifs is 1. The third-order valence-electron chi connectivity index (χ3n) is 6.14. The van der Waals surface area contributed by atoms with E-state index < -0.39 is 0 Å². The van der Waals surface area contributed by atoms with Crippen LogP contribution in [-0.4, -0.2) is 47.5 Å². The Morgan fingerprint density at radius 3 is 2.93 bits per heavy atom. The lowest BCUT2D eigenvalue weighted by molar-refractivity contribution is 0.205. The van der Waals surface area contributed by atoms with E-state index in [4.69, 9.17) is 9.97 Å². The number of nitrogens with one attached hydrogen (secondary N) is 2. The molecule has 0 radical (unpaired) electrons. The molecule has 0 amide bonds. The highest BCUT2D eigenvalue weighted by molar-refractivity contribution is 5.80. The molecule has 6 heteroatoms. The third kappa shape index (κ3) is 5.36. The highest BCUT2D eigenvalue weighted by atomic mass is 15.2. The molecule has 30 heavy (non-hydrogen) atoms. The molecule has 0 unspecified atom stereocenters. The van der Waals surface area contributed by atoms with Crippen molar-refractivity contribution >= 4 is 5.96 Å². The maximum Gasteiger partial charge on any atom is 0.191 e. The van der Waals surface area contributed by atoms with Gasteiger partial charge < -0.3 is 10.6 Å². The van der Waals surface area contributed by atoms with Crippen molar-refractivity contribution in [3.63, 3.8) is 0 Å². The second-order valence-electron chi connectivity index (χ2n) is 8.37. The second kappa shape index (κ2) is 10.5. The fourth-order valence-corrected chi connectivity index (χ4v) is 4.50. The molecule has 0 aromatic carbocycles. The van der Waals surface area contributed by atoms with Gasteiger partial charge in [-0.15, -0.1) is 0 Å². The minimum atomic E-state index is 0.387. The molecular weight excluding hydrogens is 372 g/mol. The quantitative estimate of drug-likeness (QED) is 0.659. The van der Waals surface area contributed by atoms with Crippen molar-refractivity contribution in [2.24, 2.45) is 4.99 Å². The molecule has 0 saturated heterocycles. The van der Waals surface area contributed by atoms with Gasteiger partial charge >= 0.3 is 0 Å². The van der Waals surface area contributed by atoms with Crippen molar-refractivity contribution in [2.45, 2.75) is 57.5 Å². The van der Waals surface area contributed by atoms with Crippen molar-refractivity contribution < 1.29 is 0 Å². The fourth-order valence-electron chi connectivity index (χ4n) is 4.50. The van der Waals surface area contributed by atoms with Gasteiger partial charge in [-0.25, -0.2) is 0 Å². The fraction of sp³-hybridized carbons (Fsp3) is 0.542. The summed E-state index contributed by atoms with van der Waals surface area (Å²) in [6, 6.07) is 8.98. The standard InChI is InChI=1S/C24H34N6/c1-30(22-12-4-9-20-11-6-15-26-23(20)22)18-21-19(10-5-14-25-21)8-2-3-13-27-24-28-16-7-17-29-24/h5-6,10-11,14-15,22H,2-4,7-9,12-13,16-18H2,1H3,(H2,27,28,29)/t22-/m1/s1. The molecule has 1 aliphatic heterocycles. The lowest BCUT2D eigenvalue weighted by Gasteiger charge is -2.32. The number of aryl methyl sites for hydroxylation is 2. The summed E-state index contributed by atoms with van der Waals surface area (Å²) in [5.74, 6) is 0.964. The zero-order valence-electron chi connectivity index (χ0n) is 18.1. The molecule has 2 aromatic rings. The molecule has 1 atom stereocenters. The molecule has 1 aliphatic carbocycles. The molecule has 160 valence electrons. The van der Waals surface area contributed by atoms with Gasteiger partial charge in [-0.05, 0) is 75.3 Å². The van der Waals surface area contributed by atoms with E-state index in [1.807, 2.05) is 12.4 Å². The molecule has 0 fully saturated rings. The summed E-state index contributed by atoms with van der Waals surface area (Å²) in [6.07, 6.45) is 11.9. The molecule has 0 saturated carbocycles. The van der Waals surface area contributed by atoms with Gasteiger partial charge in [-0.2, -0.15) is 0 Å². The van der Waals surface area contributed by atoms with E-state index in [1.165, 1.54) is 35.4 Å². The van der Waals surface area contributed by atoms with Crippen LogP contribution in [0.4, 0.5) is 0 Å². The Morgan fingerprint density at radius 2 is 2.03 bits per heavy atom. The summed E-state index contributed by atoms with van der Waals surface area (Å²) < 4.78 is 0. The first-order chi connectivity index (χ1) is 14.8. The number of guanidine groups is 1. The highest BCUT2D eigenvalue weighted by Gasteiger charge is 2.25. The van der Waals surface area contributed by atoms with E-state index in [1.54, 1.807) is 0 Å². The summed E-state index contributed by atoms with van der Waals surface area (Å²) in [4.78, 5) is 16.3. The van der Waals surface area contributed by atoms with Gasteiger partial charge in [0.2, 0.25) is 0 Å². The van der Waals surface area contributed by atoms with E-state index in [-0.39, 0.29) is 0 Å². The van der Waals surface area contributed by atoms with Crippen molar-refractivity contribution in [1.82, 2.24) is 25.5 Å². The third-order valence-corrected chi connectivity index (χ3v) is 6.14. The van der Waals surface area contributed by atoms with Gasteiger partial charge in [-0.3, -0.25) is 19.9 Å². The SMILES string of the molecule is CN(Cc1ncccc1CCCCNC1=NCCCN1)[C@@H]1CCCc2cccnc21. The second-order valence-corrected chi connectivity index (χ2v) is 8.37. The van der Waals surface area contributed by atoms with Gasteiger partial charge in [0.05, 0.1) is 17.4 Å². The van der Waals surface area contributed by atoms with Crippen molar-refractivity contribution in [3.8, 4) is 0 Å². The maximum atomic E-state index is 4.73. The maximum absolute atomic E-state index is 4.73. The van der Waals surface area contributed by atoms with Gasteiger partial charge in [0.15, 0.2) is 5.96 Å². The zero-order valence-corrected chi connectivity index (χ0v) is 18.1. The monoisotopic (exact) mass is 406 g/mol. The minimum absolute atomic E-state index is 0.387. The predicted octanol–water partition coefficient (Wildman–Crippen LogP) is 3.25. The number of hydrogen-bond donors (Lipinski definition) is 2. The lowest BCUT2D eigenvalue weighted by atomic mass is 9.91. The predicted molar refractivity (Wildman–Crippen MR) is 121 cm³/mol. The molecule has 6 nitrogen and oxygen atoms in total. The Morgan fingerprint density at radius 1 is 1.13 bits per heavy atom. The molecule has 2 aliphatic rings. The number of pyridine rings is 2. The van der Waals surface area contributed by atoms with Gasteiger partial charge in [0.25, 0.3) is 0 Å². The largest absolute Gasteiger partial charge is 0.356 e. The van der Waals surface area contributed by atoms with Crippen LogP contribution in [0.2, 0.25) is 0 Å². The van der Waals surface area contributed by atoms with E-state index in [0.29, 0.717) is 6.04 Å². The van der Waals surface area contributed by atoms with Crippen LogP contribution in [0.5, 0.6) is 0 Å². The van der Waals surface area contributed by atoms with Crippen molar-refractivity contribution in [1.29, 1.82) is 0 Å². The topological polar surface area (TPSA) is 65.4 Å². The van der Waals surface area contributed by atoms with Crippen LogP contribution in [0.3, 0.4) is 0 Å². The molecule has 0 bridgehead atoms. The highest BCUT2D eigenvalue weighted by Crippen LogP contribution is 2.32. The summed E-state index contributed by atoms with van der Waals surface area (Å²) in [5, 5.41) is 6.73. The van der Waals surface area contributed by atoms with Crippen molar-refractivity contribution in [3.05, 3.63) is 59.2 Å². The first-order valence-electron chi connectivity index (χ1n) is 11.4. The van der Waals surface area contributed by atoms with Crippen LogP contribution in [0.1, 0.15) is 60.7 Å². The number of aromatic nitrogens is 2. The van der Waals surface area contributed by atoms with Crippen LogP contribution < -0.4 is 10.6 Å². The van der Waals surface area contributed by atoms with Crippen LogP contribution in [0.15, 0.2) is 41.7 Å². The summed E-state index contributed by atoms with van der Waals surface area (Å²) in [6.45, 7) is 3.80. The molecule has 2 N–H and O–H groups in total. The van der Waals surface area contributed by atoms with Gasteiger partial charge in [0, 0.05) is 38.6 Å². The Balaban J connectivity index is 1.30. The number of nitrogens with zero attached hydrogens (tertiary/aromatic N) is 4. The van der Waals surface area contributed by atoms with Crippen LogP contribution in [-0.2, 0) is 19.4 Å².